The van der Waals surface area contributed by atoms with Gasteiger partial charge in [0.1, 0.15) is 0 Å². The Morgan fingerprint density at radius 1 is 1.67 bits per heavy atom. The molecule has 0 fully saturated rings. The second-order valence-electron chi connectivity index (χ2n) is 1.43. The number of nitrogens with zero attached hydrogens (tertiary/aromatic N) is 1. The van der Waals surface area contributed by atoms with Gasteiger partial charge < -0.3 is 5.11 Å². The highest BCUT2D eigenvalue weighted by atomic mass is 16.4. The van der Waals surface area contributed by atoms with E-state index in [9.17, 15) is 9.59 Å². The molecular weight excluding hydrogens is 122 g/mol. The van der Waals surface area contributed by atoms with E-state index in [-0.39, 0.29) is 12.3 Å². The number of amides is 1. The van der Waals surface area contributed by atoms with E-state index >= 15 is 0 Å². The molecule has 9 heavy (non-hydrogen) atoms. The molecule has 1 amide bonds. The molecule has 0 saturated carbocycles. The lowest BCUT2D eigenvalue weighted by molar-refractivity contribution is -0.135. The Morgan fingerprint density at radius 3 is 2.56 bits per heavy atom. The van der Waals surface area contributed by atoms with Crippen LogP contribution in [0.25, 0.3) is 0 Å². The molecule has 0 aromatic rings. The van der Waals surface area contributed by atoms with Gasteiger partial charge in [0.25, 0.3) is 0 Å². The average Bonchev–Trinajstić information content (AvgIpc) is 1.63. The number of hydrogen-bond acceptors (Lipinski definition) is 2. The zero-order valence-electron chi connectivity index (χ0n) is 5.00. The van der Waals surface area contributed by atoms with Crippen LogP contribution in [0.1, 0.15) is 13.3 Å². The summed E-state index contributed by atoms with van der Waals surface area (Å²) >= 11 is 0. The molecule has 0 aromatic carbocycles. The molecule has 4 heteroatoms. The van der Waals surface area contributed by atoms with Crippen LogP contribution in [0.2, 0.25) is 0 Å². The van der Waals surface area contributed by atoms with Crippen LogP contribution in [-0.2, 0) is 9.59 Å². The first kappa shape index (κ1) is 7.81. The summed E-state index contributed by atoms with van der Waals surface area (Å²) in [7, 11) is 0. The topological polar surface area (TPSA) is 66.7 Å². The van der Waals surface area contributed by atoms with Crippen molar-refractivity contribution in [2.45, 2.75) is 13.3 Å². The molecular formula is C5H7NO3. The third kappa shape index (κ3) is 6.81. The molecule has 1 N–H and O–H groups in total. The molecule has 4 nitrogen and oxygen atoms in total. The third-order valence-corrected chi connectivity index (χ3v) is 0.539. The van der Waals surface area contributed by atoms with Crippen LogP contribution in [0.4, 0.5) is 0 Å². The van der Waals surface area contributed by atoms with Gasteiger partial charge >= 0.3 is 5.97 Å². The van der Waals surface area contributed by atoms with Crippen LogP contribution >= 0.6 is 0 Å². The van der Waals surface area contributed by atoms with Gasteiger partial charge in [0, 0.05) is 13.1 Å². The van der Waals surface area contributed by atoms with Gasteiger partial charge in [-0.05, 0) is 0 Å². The van der Waals surface area contributed by atoms with Crippen molar-refractivity contribution in [3.05, 3.63) is 0 Å². The molecule has 0 aliphatic rings. The lowest BCUT2D eigenvalue weighted by Gasteiger charge is -1.80. The number of carbonyl (C=O) groups excluding carboxylic acids is 1. The highest BCUT2D eigenvalue weighted by Crippen LogP contribution is 1.74. The van der Waals surface area contributed by atoms with Gasteiger partial charge in [-0.15, -0.1) is 0 Å². The molecule has 0 spiro atoms. The zero-order chi connectivity index (χ0) is 7.28. The van der Waals surface area contributed by atoms with Crippen LogP contribution in [0, 0.1) is 0 Å². The van der Waals surface area contributed by atoms with Crippen molar-refractivity contribution in [3.8, 4) is 0 Å². The van der Waals surface area contributed by atoms with Crippen molar-refractivity contribution in [3.63, 3.8) is 0 Å². The van der Waals surface area contributed by atoms with Crippen LogP contribution in [0.3, 0.4) is 0 Å². The van der Waals surface area contributed by atoms with Gasteiger partial charge in [0.05, 0.1) is 6.42 Å². The standard InChI is InChI=1S/C5H7NO3/c1-4(7)6-3-2-5(8)9/h3H,2H2,1H3,(H,8,9). The van der Waals surface area contributed by atoms with Gasteiger partial charge in [-0.1, -0.05) is 0 Å². The number of carboxylic acid groups (broad SMARTS) is 1. The molecule has 50 valence electrons. The zero-order valence-corrected chi connectivity index (χ0v) is 5.00. The largest absolute Gasteiger partial charge is 0.481 e. The van der Waals surface area contributed by atoms with Gasteiger partial charge in [-0.25, -0.2) is 4.99 Å². The number of carboxylic acids is 1. The number of aliphatic carboxylic acids is 1. The predicted octanol–water partition coefficient (Wildman–Crippen LogP) is 0.0784. The molecule has 0 aromatic heterocycles. The Balaban J connectivity index is 3.48. The summed E-state index contributed by atoms with van der Waals surface area (Å²) in [6.45, 7) is 1.26. The Labute approximate surface area is 52.2 Å². The predicted molar refractivity (Wildman–Crippen MR) is 31.4 cm³/mol. The maximum absolute atomic E-state index is 10.0. The Morgan fingerprint density at radius 2 is 2.22 bits per heavy atom. The highest BCUT2D eigenvalue weighted by molar-refractivity contribution is 5.90. The summed E-state index contributed by atoms with van der Waals surface area (Å²) in [6.07, 6.45) is 0.879. The molecule has 0 bridgehead atoms. The smallest absolute Gasteiger partial charge is 0.308 e. The van der Waals surface area contributed by atoms with Crippen LogP contribution in [-0.4, -0.2) is 23.2 Å². The molecule has 0 radical (unpaired) electrons. The van der Waals surface area contributed by atoms with Crippen molar-refractivity contribution >= 4 is 18.1 Å². The summed E-state index contributed by atoms with van der Waals surface area (Å²) in [5, 5.41) is 8.02. The Bertz CT molecular complexity index is 150. The molecule has 0 aliphatic heterocycles. The summed E-state index contributed by atoms with van der Waals surface area (Å²) in [5.41, 5.74) is 0. The van der Waals surface area contributed by atoms with Crippen LogP contribution in [0.15, 0.2) is 4.99 Å². The summed E-state index contributed by atoms with van der Waals surface area (Å²) in [5.74, 6) is -1.36. The normalized spacial score (nSPS) is 9.89. The highest BCUT2D eigenvalue weighted by Gasteiger charge is 1.90. The van der Waals surface area contributed by atoms with Gasteiger partial charge in [0.15, 0.2) is 0 Å². The van der Waals surface area contributed by atoms with E-state index in [4.69, 9.17) is 5.11 Å². The van der Waals surface area contributed by atoms with E-state index in [1.807, 2.05) is 0 Å². The minimum absolute atomic E-state index is 0.195. The van der Waals surface area contributed by atoms with Crippen molar-refractivity contribution in [1.29, 1.82) is 0 Å². The van der Waals surface area contributed by atoms with Gasteiger partial charge in [-0.3, -0.25) is 9.59 Å². The quantitative estimate of drug-likeness (QED) is 0.537. The fourth-order valence-corrected chi connectivity index (χ4v) is 0.252. The fourth-order valence-electron chi connectivity index (χ4n) is 0.252. The van der Waals surface area contributed by atoms with Gasteiger partial charge in [-0.2, -0.15) is 0 Å². The van der Waals surface area contributed by atoms with E-state index in [1.165, 1.54) is 6.92 Å². The van der Waals surface area contributed by atoms with E-state index in [1.54, 1.807) is 0 Å². The molecule has 0 aliphatic carbocycles. The first-order valence-corrected chi connectivity index (χ1v) is 2.38. The molecule has 0 rings (SSSR count). The van der Waals surface area contributed by atoms with Crippen molar-refractivity contribution in [1.82, 2.24) is 0 Å². The monoisotopic (exact) mass is 129 g/mol. The van der Waals surface area contributed by atoms with Crippen LogP contribution < -0.4 is 0 Å². The molecule has 0 atom stereocenters. The minimum Gasteiger partial charge on any atom is -0.481 e. The lowest BCUT2D eigenvalue weighted by Crippen LogP contribution is -1.95. The average molecular weight is 129 g/mol. The second kappa shape index (κ2) is 3.77. The van der Waals surface area contributed by atoms with E-state index in [2.05, 4.69) is 4.99 Å². The lowest BCUT2D eigenvalue weighted by atomic mass is 10.5. The first-order chi connectivity index (χ1) is 4.13. The van der Waals surface area contributed by atoms with Crippen LogP contribution in [0.5, 0.6) is 0 Å². The summed E-state index contributed by atoms with van der Waals surface area (Å²) in [4.78, 5) is 23.0. The van der Waals surface area contributed by atoms with Crippen molar-refractivity contribution < 1.29 is 14.7 Å². The third-order valence-electron chi connectivity index (χ3n) is 0.539. The second-order valence-corrected chi connectivity index (χ2v) is 1.43. The maximum atomic E-state index is 10.0. The Kier molecular flexibility index (Phi) is 3.27. The van der Waals surface area contributed by atoms with Crippen molar-refractivity contribution in [2.75, 3.05) is 0 Å². The number of carbonyl (C=O) groups is 2. The number of aliphatic imine (C=N–C) groups is 1. The molecule has 0 heterocycles. The molecule has 0 saturated heterocycles. The Hall–Kier alpha value is -1.19. The van der Waals surface area contributed by atoms with E-state index in [0.717, 1.165) is 6.21 Å². The number of hydrogen-bond donors (Lipinski definition) is 1. The summed E-state index contributed by atoms with van der Waals surface area (Å²) < 4.78 is 0. The fraction of sp³-hybridized carbons (Fsp3) is 0.400. The first-order valence-electron chi connectivity index (χ1n) is 2.38. The van der Waals surface area contributed by atoms with E-state index in [0.29, 0.717) is 0 Å². The maximum Gasteiger partial charge on any atom is 0.308 e. The van der Waals surface area contributed by atoms with E-state index < -0.39 is 5.97 Å². The summed E-state index contributed by atoms with van der Waals surface area (Å²) in [6, 6.07) is 0. The number of rotatable bonds is 2. The molecule has 0 unspecified atom stereocenters. The minimum atomic E-state index is -0.986. The SMILES string of the molecule is CC(=O)N=CCC(=O)O. The van der Waals surface area contributed by atoms with Crippen molar-refractivity contribution in [2.24, 2.45) is 4.99 Å². The van der Waals surface area contributed by atoms with Gasteiger partial charge in [0.2, 0.25) is 5.91 Å².